The fourth-order valence-electron chi connectivity index (χ4n) is 5.64. The van der Waals surface area contributed by atoms with E-state index in [0.717, 1.165) is 12.8 Å². The standard InChI is InChI=1S/C33H59N3O3/c1-24(22-33(13,31(9,10)34-14)26-18-16-15-17-19-26)27(38)36-30(7,8)23-28(3,4)32(11,12)39-21-20-29(5,6)35-25(2)37/h15-19,24,34H,20-23H2,1-14H3,(H,35,37)(H,36,38). The lowest BCUT2D eigenvalue weighted by atomic mass is 9.64. The molecule has 2 amide bonds. The van der Waals surface area contributed by atoms with Crippen LogP contribution in [0.1, 0.15) is 115 Å². The van der Waals surface area contributed by atoms with Crippen molar-refractivity contribution in [3.05, 3.63) is 35.9 Å². The van der Waals surface area contributed by atoms with Gasteiger partial charge in [-0.25, -0.2) is 0 Å². The summed E-state index contributed by atoms with van der Waals surface area (Å²) in [6.07, 6.45) is 2.18. The summed E-state index contributed by atoms with van der Waals surface area (Å²) >= 11 is 0. The summed E-state index contributed by atoms with van der Waals surface area (Å²) in [5, 5.41) is 9.84. The smallest absolute Gasteiger partial charge is 0.223 e. The molecular formula is C33H59N3O3. The highest BCUT2D eigenvalue weighted by Crippen LogP contribution is 2.42. The van der Waals surface area contributed by atoms with Gasteiger partial charge in [-0.05, 0) is 92.7 Å². The Morgan fingerprint density at radius 1 is 0.846 bits per heavy atom. The number of ether oxygens (including phenoxy) is 1. The molecule has 3 N–H and O–H groups in total. The van der Waals surface area contributed by atoms with Gasteiger partial charge in [0.05, 0.1) is 5.60 Å². The van der Waals surface area contributed by atoms with Crippen LogP contribution >= 0.6 is 0 Å². The lowest BCUT2D eigenvalue weighted by Gasteiger charge is -2.47. The first-order chi connectivity index (χ1) is 17.5. The van der Waals surface area contributed by atoms with Gasteiger partial charge in [0.1, 0.15) is 0 Å². The van der Waals surface area contributed by atoms with Crippen molar-refractivity contribution in [3.8, 4) is 0 Å². The van der Waals surface area contributed by atoms with Crippen molar-refractivity contribution in [1.29, 1.82) is 0 Å². The van der Waals surface area contributed by atoms with Gasteiger partial charge in [-0.1, -0.05) is 58.0 Å². The highest BCUT2D eigenvalue weighted by molar-refractivity contribution is 5.79. The van der Waals surface area contributed by atoms with E-state index in [0.29, 0.717) is 13.0 Å². The molecule has 0 aliphatic heterocycles. The maximum absolute atomic E-state index is 13.6. The molecule has 0 heterocycles. The van der Waals surface area contributed by atoms with Gasteiger partial charge in [0, 0.05) is 41.5 Å². The van der Waals surface area contributed by atoms with Crippen LogP contribution in [0.15, 0.2) is 30.3 Å². The summed E-state index contributed by atoms with van der Waals surface area (Å²) in [7, 11) is 1.99. The summed E-state index contributed by atoms with van der Waals surface area (Å²) in [4.78, 5) is 25.1. The van der Waals surface area contributed by atoms with Crippen LogP contribution in [-0.2, 0) is 19.7 Å². The van der Waals surface area contributed by atoms with Gasteiger partial charge in [-0.3, -0.25) is 9.59 Å². The van der Waals surface area contributed by atoms with E-state index in [-0.39, 0.29) is 39.6 Å². The normalized spacial score (nSPS) is 15.8. The minimum Gasteiger partial charge on any atom is -0.375 e. The predicted octanol–water partition coefficient (Wildman–Crippen LogP) is 6.38. The molecule has 224 valence electrons. The van der Waals surface area contributed by atoms with Crippen molar-refractivity contribution in [3.63, 3.8) is 0 Å². The van der Waals surface area contributed by atoms with E-state index in [4.69, 9.17) is 4.74 Å². The molecule has 39 heavy (non-hydrogen) atoms. The lowest BCUT2D eigenvalue weighted by molar-refractivity contribution is -0.131. The Bertz CT molecular complexity index is 950. The minimum absolute atomic E-state index is 0.0371. The zero-order valence-corrected chi connectivity index (χ0v) is 27.5. The summed E-state index contributed by atoms with van der Waals surface area (Å²) in [5.41, 5.74) is -0.642. The molecule has 6 heteroatoms. The van der Waals surface area contributed by atoms with Crippen LogP contribution in [-0.4, -0.2) is 47.7 Å². The number of carbonyl (C=O) groups excluding carboxylic acids is 2. The second-order valence-electron chi connectivity index (χ2n) is 14.8. The molecule has 0 spiro atoms. The molecule has 0 aromatic heterocycles. The maximum atomic E-state index is 13.6. The van der Waals surface area contributed by atoms with E-state index in [1.54, 1.807) is 0 Å². The summed E-state index contributed by atoms with van der Waals surface area (Å²) in [6, 6.07) is 10.5. The van der Waals surface area contributed by atoms with E-state index in [1.165, 1.54) is 12.5 Å². The number of nitrogens with one attached hydrogen (secondary N) is 3. The molecule has 2 atom stereocenters. The third-order valence-corrected chi connectivity index (χ3v) is 9.26. The van der Waals surface area contributed by atoms with E-state index in [2.05, 4.69) is 103 Å². The zero-order valence-electron chi connectivity index (χ0n) is 27.5. The Kier molecular flexibility index (Phi) is 11.5. The summed E-state index contributed by atoms with van der Waals surface area (Å²) < 4.78 is 6.40. The van der Waals surface area contributed by atoms with E-state index >= 15 is 0 Å². The van der Waals surface area contributed by atoms with E-state index in [9.17, 15) is 9.59 Å². The lowest BCUT2D eigenvalue weighted by Crippen LogP contribution is -2.56. The minimum atomic E-state index is -0.435. The number of benzene rings is 1. The molecule has 0 aliphatic rings. The Hall–Kier alpha value is -1.92. The molecule has 0 fully saturated rings. The van der Waals surface area contributed by atoms with Gasteiger partial charge in [-0.15, -0.1) is 0 Å². The van der Waals surface area contributed by atoms with Crippen LogP contribution in [0.3, 0.4) is 0 Å². The second-order valence-corrected chi connectivity index (χ2v) is 14.8. The summed E-state index contributed by atoms with van der Waals surface area (Å²) in [6.45, 7) is 27.6. The largest absolute Gasteiger partial charge is 0.375 e. The molecule has 1 aromatic rings. The third-order valence-electron chi connectivity index (χ3n) is 9.26. The van der Waals surface area contributed by atoms with Crippen molar-refractivity contribution in [2.45, 2.75) is 137 Å². The number of rotatable bonds is 15. The average Bonchev–Trinajstić information content (AvgIpc) is 2.76. The van der Waals surface area contributed by atoms with Crippen molar-refractivity contribution in [2.75, 3.05) is 13.7 Å². The van der Waals surface area contributed by atoms with Gasteiger partial charge in [0.25, 0.3) is 0 Å². The van der Waals surface area contributed by atoms with Gasteiger partial charge in [0.2, 0.25) is 11.8 Å². The van der Waals surface area contributed by atoms with Crippen LogP contribution in [0.2, 0.25) is 0 Å². The highest BCUT2D eigenvalue weighted by atomic mass is 16.5. The Labute approximate surface area is 239 Å². The number of likely N-dealkylation sites (N-methyl/N-ethyl adjacent to an activating group) is 1. The van der Waals surface area contributed by atoms with E-state index < -0.39 is 11.1 Å². The average molecular weight is 546 g/mol. The van der Waals surface area contributed by atoms with Crippen molar-refractivity contribution < 1.29 is 14.3 Å². The Morgan fingerprint density at radius 3 is 1.87 bits per heavy atom. The molecule has 0 saturated heterocycles. The molecule has 0 radical (unpaired) electrons. The zero-order chi connectivity index (χ0) is 30.5. The second kappa shape index (κ2) is 12.7. The number of carbonyl (C=O) groups is 2. The first kappa shape index (κ1) is 35.1. The van der Waals surface area contributed by atoms with Crippen LogP contribution < -0.4 is 16.0 Å². The molecule has 0 aliphatic carbocycles. The van der Waals surface area contributed by atoms with E-state index in [1.807, 2.05) is 33.9 Å². The van der Waals surface area contributed by atoms with Crippen LogP contribution in [0.25, 0.3) is 0 Å². The van der Waals surface area contributed by atoms with Crippen molar-refractivity contribution >= 4 is 11.8 Å². The predicted molar refractivity (Wildman–Crippen MR) is 164 cm³/mol. The molecular weight excluding hydrogens is 486 g/mol. The van der Waals surface area contributed by atoms with Crippen LogP contribution in [0.5, 0.6) is 0 Å². The molecule has 1 rings (SSSR count). The first-order valence-corrected chi connectivity index (χ1v) is 14.5. The van der Waals surface area contributed by atoms with Crippen molar-refractivity contribution in [2.24, 2.45) is 11.3 Å². The molecule has 0 saturated carbocycles. The topological polar surface area (TPSA) is 79.5 Å². The fraction of sp³-hybridized carbons (Fsp3) is 0.758. The number of hydrogen-bond acceptors (Lipinski definition) is 4. The monoisotopic (exact) mass is 545 g/mol. The Balaban J connectivity index is 2.94. The highest BCUT2D eigenvalue weighted by Gasteiger charge is 2.45. The molecule has 1 aromatic carbocycles. The molecule has 2 unspecified atom stereocenters. The van der Waals surface area contributed by atoms with Gasteiger partial charge in [-0.2, -0.15) is 0 Å². The number of amides is 2. The molecule has 6 nitrogen and oxygen atoms in total. The third kappa shape index (κ3) is 9.60. The maximum Gasteiger partial charge on any atom is 0.223 e. The van der Waals surface area contributed by atoms with Crippen LogP contribution in [0, 0.1) is 11.3 Å². The SMILES string of the molecule is CNC(C)(C)C(C)(CC(C)C(=O)NC(C)(C)CC(C)(C)C(C)(C)OCCC(C)(C)NC(C)=O)c1ccccc1. The van der Waals surface area contributed by atoms with Crippen molar-refractivity contribution in [1.82, 2.24) is 16.0 Å². The van der Waals surface area contributed by atoms with Crippen LogP contribution in [0.4, 0.5) is 0 Å². The molecule has 0 bridgehead atoms. The fourth-order valence-corrected chi connectivity index (χ4v) is 5.64. The van der Waals surface area contributed by atoms with Gasteiger partial charge >= 0.3 is 0 Å². The van der Waals surface area contributed by atoms with Gasteiger partial charge in [0.15, 0.2) is 0 Å². The first-order valence-electron chi connectivity index (χ1n) is 14.5. The quantitative estimate of drug-likeness (QED) is 0.239. The summed E-state index contributed by atoms with van der Waals surface area (Å²) in [5.74, 6) is -0.143. The number of hydrogen-bond donors (Lipinski definition) is 3. The Morgan fingerprint density at radius 2 is 1.38 bits per heavy atom. The van der Waals surface area contributed by atoms with Gasteiger partial charge < -0.3 is 20.7 Å².